The van der Waals surface area contributed by atoms with Gasteiger partial charge in [-0.25, -0.2) is 14.1 Å². The van der Waals surface area contributed by atoms with Gasteiger partial charge in [-0.1, -0.05) is 33.8 Å². The molecule has 0 bridgehead atoms. The summed E-state index contributed by atoms with van der Waals surface area (Å²) < 4.78 is 22.5. The van der Waals surface area contributed by atoms with E-state index < -0.39 is 15.9 Å². The van der Waals surface area contributed by atoms with Gasteiger partial charge in [0.2, 0.25) is 5.09 Å². The molecule has 1 heterocycles. The first kappa shape index (κ1) is 21.1. The molecule has 1 aromatic heterocycles. The Kier molecular flexibility index (Phi) is 5.10. The number of hydrogen-bond donors (Lipinski definition) is 2. The van der Waals surface area contributed by atoms with Crippen LogP contribution >= 0.6 is 0 Å². The summed E-state index contributed by atoms with van der Waals surface area (Å²) in [4.78, 5) is 12.8. The van der Waals surface area contributed by atoms with E-state index in [1.165, 1.54) is 22.3 Å². The highest BCUT2D eigenvalue weighted by Crippen LogP contribution is 2.43. The van der Waals surface area contributed by atoms with Crippen molar-refractivity contribution >= 4 is 21.6 Å². The molecule has 2 atom stereocenters. The highest BCUT2D eigenvalue weighted by Gasteiger charge is 2.29. The Balaban J connectivity index is 1.68. The second-order valence-electron chi connectivity index (χ2n) is 9.63. The zero-order valence-corrected chi connectivity index (χ0v) is 19.2. The van der Waals surface area contributed by atoms with E-state index in [0.29, 0.717) is 11.7 Å². The number of carbonyl (C=O) groups is 1. The van der Waals surface area contributed by atoms with Gasteiger partial charge in [0.25, 0.3) is 0 Å². The van der Waals surface area contributed by atoms with E-state index in [-0.39, 0.29) is 10.5 Å². The van der Waals surface area contributed by atoms with E-state index in [2.05, 4.69) is 22.7 Å². The summed E-state index contributed by atoms with van der Waals surface area (Å²) in [5.41, 5.74) is 6.58. The summed E-state index contributed by atoms with van der Waals surface area (Å²) in [6.45, 7) is 10.1. The van der Waals surface area contributed by atoms with Crippen LogP contribution in [-0.4, -0.2) is 10.2 Å². The van der Waals surface area contributed by atoms with E-state index in [4.69, 9.17) is 9.56 Å². The van der Waals surface area contributed by atoms with Gasteiger partial charge in [0.15, 0.2) is 9.92 Å². The lowest BCUT2D eigenvalue weighted by atomic mass is 9.87. The maximum Gasteiger partial charge on any atom is 0.354 e. The summed E-state index contributed by atoms with van der Waals surface area (Å²) in [6, 6.07) is 3.29. The molecule has 1 aromatic carbocycles. The predicted molar refractivity (Wildman–Crippen MR) is 119 cm³/mol. The highest BCUT2D eigenvalue weighted by molar-refractivity contribution is 7.91. The van der Waals surface area contributed by atoms with E-state index in [1.807, 2.05) is 20.8 Å². The van der Waals surface area contributed by atoms with Crippen molar-refractivity contribution in [3.8, 4) is 0 Å². The molecule has 2 unspecified atom stereocenters. The largest absolute Gasteiger partial charge is 0.450 e. The third-order valence-electron chi connectivity index (χ3n) is 6.34. The summed E-state index contributed by atoms with van der Waals surface area (Å²) in [7, 11) is -3.48. The maximum atomic E-state index is 13.1. The first-order valence-corrected chi connectivity index (χ1v) is 12.2. The molecule has 2 aliphatic carbocycles. The molecular formula is C23H31N3O3S. The number of carbonyl (C=O) groups excluding carboxylic acids is 1. The highest BCUT2D eigenvalue weighted by atomic mass is 32.2. The minimum Gasteiger partial charge on any atom is -0.450 e. The van der Waals surface area contributed by atoms with Gasteiger partial charge in [-0.05, 0) is 84.2 Å². The fraction of sp³-hybridized carbons (Fsp3) is 0.522. The lowest BCUT2D eigenvalue weighted by Gasteiger charge is -2.16. The average Bonchev–Trinajstić information content (AvgIpc) is 3.33. The number of nitrogens with two attached hydrogens (primary N) is 1. The van der Waals surface area contributed by atoms with Gasteiger partial charge in [-0.2, -0.15) is 0 Å². The van der Waals surface area contributed by atoms with Crippen LogP contribution in [0.2, 0.25) is 0 Å². The Bertz CT molecular complexity index is 1150. The van der Waals surface area contributed by atoms with Crippen LogP contribution in [0.4, 0.5) is 10.5 Å². The number of urea groups is 1. The SMILES string of the molecule is Cc1oc(S(N)(=O)=NC(=O)Nc2c3c(cc4c2CCC4C)CCC3)cc1C(C)(C)C. The molecule has 0 saturated heterocycles. The van der Waals surface area contributed by atoms with Gasteiger partial charge in [0.05, 0.1) is 0 Å². The number of amides is 2. The summed E-state index contributed by atoms with van der Waals surface area (Å²) in [6.07, 6.45) is 5.07. The Hall–Kier alpha value is -2.12. The maximum absolute atomic E-state index is 13.1. The Labute approximate surface area is 178 Å². The van der Waals surface area contributed by atoms with Crippen molar-refractivity contribution in [1.82, 2.24) is 0 Å². The van der Waals surface area contributed by atoms with E-state index >= 15 is 0 Å². The third-order valence-corrected chi connectivity index (χ3v) is 7.56. The summed E-state index contributed by atoms with van der Waals surface area (Å²) >= 11 is 0. The molecule has 3 N–H and O–H groups in total. The van der Waals surface area contributed by atoms with E-state index in [1.54, 1.807) is 13.0 Å². The number of nitrogens with zero attached hydrogens (tertiary/aromatic N) is 1. The number of anilines is 1. The zero-order valence-electron chi connectivity index (χ0n) is 18.4. The van der Waals surface area contributed by atoms with Crippen LogP contribution in [0, 0.1) is 6.92 Å². The predicted octanol–water partition coefficient (Wildman–Crippen LogP) is 5.36. The van der Waals surface area contributed by atoms with Crippen LogP contribution < -0.4 is 10.5 Å². The van der Waals surface area contributed by atoms with Crippen molar-refractivity contribution < 1.29 is 13.4 Å². The van der Waals surface area contributed by atoms with Gasteiger partial charge in [0, 0.05) is 5.69 Å². The minimum absolute atomic E-state index is 0.0391. The van der Waals surface area contributed by atoms with Gasteiger partial charge < -0.3 is 9.73 Å². The number of hydrogen-bond acceptors (Lipinski definition) is 3. The van der Waals surface area contributed by atoms with Crippen molar-refractivity contribution in [2.75, 3.05) is 5.32 Å². The number of furan rings is 1. The smallest absolute Gasteiger partial charge is 0.354 e. The second-order valence-corrected chi connectivity index (χ2v) is 11.3. The Morgan fingerprint density at radius 1 is 1.23 bits per heavy atom. The van der Waals surface area contributed by atoms with Crippen molar-refractivity contribution in [1.29, 1.82) is 0 Å². The summed E-state index contributed by atoms with van der Waals surface area (Å²) in [5, 5.41) is 8.95. The standard InChI is InChI=1S/C23H31N3O3S/c1-13-9-10-17-18(13)11-15-7-6-8-16(15)21(17)25-22(27)26-30(24,28)20-12-19(14(2)29-20)23(3,4)5/h11-13H,6-10H2,1-5H3,(H3,24,25,26,27,28). The van der Waals surface area contributed by atoms with Gasteiger partial charge >= 0.3 is 6.03 Å². The molecular weight excluding hydrogens is 398 g/mol. The van der Waals surface area contributed by atoms with Crippen molar-refractivity contribution in [2.24, 2.45) is 9.50 Å². The van der Waals surface area contributed by atoms with Crippen LogP contribution in [-0.2, 0) is 34.6 Å². The fourth-order valence-corrected chi connectivity index (χ4v) is 5.74. The van der Waals surface area contributed by atoms with E-state index in [0.717, 1.165) is 43.4 Å². The van der Waals surface area contributed by atoms with Gasteiger partial charge in [0.1, 0.15) is 5.76 Å². The molecule has 2 aliphatic rings. The molecule has 2 aromatic rings. The van der Waals surface area contributed by atoms with Crippen molar-refractivity contribution in [3.63, 3.8) is 0 Å². The van der Waals surface area contributed by atoms with Crippen LogP contribution in [0.15, 0.2) is 26.0 Å². The molecule has 30 heavy (non-hydrogen) atoms. The molecule has 0 saturated carbocycles. The topological polar surface area (TPSA) is 97.7 Å². The second kappa shape index (κ2) is 7.24. The molecule has 0 aliphatic heterocycles. The number of fused-ring (bicyclic) bond motifs is 2. The van der Waals surface area contributed by atoms with Crippen LogP contribution in [0.5, 0.6) is 0 Å². The minimum atomic E-state index is -3.48. The zero-order chi connectivity index (χ0) is 21.8. The molecule has 162 valence electrons. The first-order chi connectivity index (χ1) is 14.0. The lowest BCUT2D eigenvalue weighted by molar-refractivity contribution is 0.260. The monoisotopic (exact) mass is 429 g/mol. The number of aryl methyl sites for hydroxylation is 2. The third kappa shape index (κ3) is 3.69. The quantitative estimate of drug-likeness (QED) is 0.672. The molecule has 2 amide bonds. The molecule has 6 nitrogen and oxygen atoms in total. The van der Waals surface area contributed by atoms with Crippen LogP contribution in [0.3, 0.4) is 0 Å². The van der Waals surface area contributed by atoms with Crippen LogP contribution in [0.1, 0.15) is 80.0 Å². The summed E-state index contributed by atoms with van der Waals surface area (Å²) in [5.74, 6) is 1.12. The average molecular weight is 430 g/mol. The van der Waals surface area contributed by atoms with E-state index in [9.17, 15) is 9.00 Å². The van der Waals surface area contributed by atoms with Crippen molar-refractivity contribution in [2.45, 2.75) is 83.1 Å². The number of benzene rings is 1. The molecule has 0 spiro atoms. The van der Waals surface area contributed by atoms with Crippen molar-refractivity contribution in [3.05, 3.63) is 45.7 Å². The fourth-order valence-electron chi connectivity index (χ4n) is 4.83. The van der Waals surface area contributed by atoms with Gasteiger partial charge in [-0.3, -0.25) is 0 Å². The lowest BCUT2D eigenvalue weighted by Crippen LogP contribution is -2.18. The normalized spacial score (nSPS) is 19.9. The molecule has 0 fully saturated rings. The number of nitrogens with one attached hydrogen (secondary N) is 1. The molecule has 0 radical (unpaired) electrons. The first-order valence-electron chi connectivity index (χ1n) is 10.6. The molecule has 7 heteroatoms. The Morgan fingerprint density at radius 3 is 2.63 bits per heavy atom. The molecule has 4 rings (SSSR count). The van der Waals surface area contributed by atoms with Crippen LogP contribution in [0.25, 0.3) is 0 Å². The van der Waals surface area contributed by atoms with Gasteiger partial charge in [-0.15, -0.1) is 4.36 Å². The Morgan fingerprint density at radius 2 is 1.97 bits per heavy atom. The number of rotatable bonds is 2.